The summed E-state index contributed by atoms with van der Waals surface area (Å²) in [6.07, 6.45) is 4.08. The van der Waals surface area contributed by atoms with Crippen LogP contribution in [0.4, 0.5) is 16.2 Å². The van der Waals surface area contributed by atoms with Gasteiger partial charge in [-0.3, -0.25) is 4.90 Å². The molecule has 2 fully saturated rings. The number of aromatic nitrogens is 2. The van der Waals surface area contributed by atoms with Crippen LogP contribution >= 0.6 is 0 Å². The number of anilines is 2. The number of hydrogen-bond donors (Lipinski definition) is 0. The lowest BCUT2D eigenvalue weighted by Gasteiger charge is -2.38. The highest BCUT2D eigenvalue weighted by molar-refractivity contribution is 5.44. The van der Waals surface area contributed by atoms with E-state index in [-0.39, 0.29) is 5.82 Å². The zero-order valence-electron chi connectivity index (χ0n) is 16.4. The van der Waals surface area contributed by atoms with Crippen LogP contribution in [0.2, 0.25) is 0 Å². The summed E-state index contributed by atoms with van der Waals surface area (Å²) in [5, 5.41) is 0. The summed E-state index contributed by atoms with van der Waals surface area (Å²) in [7, 11) is 2.08. The van der Waals surface area contributed by atoms with E-state index in [4.69, 9.17) is 9.72 Å². The molecule has 1 aromatic heterocycles. The van der Waals surface area contributed by atoms with E-state index in [2.05, 4.69) is 26.7 Å². The molecular formula is C21H28FN5O. The van der Waals surface area contributed by atoms with Crippen molar-refractivity contribution in [2.24, 2.45) is 0 Å². The minimum absolute atomic E-state index is 0.170. The molecule has 0 spiro atoms. The molecule has 28 heavy (non-hydrogen) atoms. The lowest BCUT2D eigenvalue weighted by atomic mass is 10.0. The Morgan fingerprint density at radius 3 is 2.89 bits per heavy atom. The lowest BCUT2D eigenvalue weighted by Crippen LogP contribution is -2.47. The number of benzene rings is 1. The summed E-state index contributed by atoms with van der Waals surface area (Å²) in [6, 6.07) is 9.22. The van der Waals surface area contributed by atoms with Crippen molar-refractivity contribution >= 4 is 11.8 Å². The predicted octanol–water partition coefficient (Wildman–Crippen LogP) is 2.55. The van der Waals surface area contributed by atoms with Crippen LogP contribution in [0, 0.1) is 5.82 Å². The van der Waals surface area contributed by atoms with Crippen molar-refractivity contribution in [1.29, 1.82) is 0 Å². The number of likely N-dealkylation sites (N-methyl/N-ethyl adjacent to an activating group) is 1. The number of likely N-dealkylation sites (tertiary alicyclic amines) is 1. The van der Waals surface area contributed by atoms with Gasteiger partial charge in [0.1, 0.15) is 11.6 Å². The fraction of sp³-hybridized carbons (Fsp3) is 0.524. The first-order valence-electron chi connectivity index (χ1n) is 10.0. The van der Waals surface area contributed by atoms with Gasteiger partial charge in [-0.2, -0.15) is 4.98 Å². The predicted molar refractivity (Wildman–Crippen MR) is 108 cm³/mol. The molecular weight excluding hydrogens is 357 g/mol. The zero-order valence-corrected chi connectivity index (χ0v) is 16.4. The zero-order chi connectivity index (χ0) is 19.3. The van der Waals surface area contributed by atoms with Crippen LogP contribution in [-0.2, 0) is 11.3 Å². The average Bonchev–Trinajstić information content (AvgIpc) is 2.74. The standard InChI is InChI=1S/C21H28FN5O/c1-25(21-23-8-7-20(24-21)27-10-12-28-13-11-27)19-6-3-9-26(16-19)15-17-4-2-5-18(22)14-17/h2,4-5,7-8,14,19H,3,6,9-13,15-16H2,1H3. The van der Waals surface area contributed by atoms with Gasteiger partial charge in [-0.1, -0.05) is 12.1 Å². The Morgan fingerprint density at radius 2 is 2.07 bits per heavy atom. The molecule has 6 nitrogen and oxygen atoms in total. The van der Waals surface area contributed by atoms with E-state index in [1.54, 1.807) is 12.1 Å². The molecule has 2 aliphatic heterocycles. The molecule has 7 heteroatoms. The van der Waals surface area contributed by atoms with E-state index in [0.29, 0.717) is 6.04 Å². The van der Waals surface area contributed by atoms with Crippen molar-refractivity contribution < 1.29 is 9.13 Å². The van der Waals surface area contributed by atoms with Gasteiger partial charge in [0.15, 0.2) is 0 Å². The van der Waals surface area contributed by atoms with E-state index >= 15 is 0 Å². The highest BCUT2D eigenvalue weighted by Gasteiger charge is 2.25. The van der Waals surface area contributed by atoms with Crippen LogP contribution in [0.1, 0.15) is 18.4 Å². The Kier molecular flexibility index (Phi) is 6.02. The van der Waals surface area contributed by atoms with Crippen LogP contribution in [0.15, 0.2) is 36.5 Å². The van der Waals surface area contributed by atoms with Crippen LogP contribution in [0.25, 0.3) is 0 Å². The van der Waals surface area contributed by atoms with Gasteiger partial charge in [-0.15, -0.1) is 0 Å². The van der Waals surface area contributed by atoms with Crippen molar-refractivity contribution in [3.8, 4) is 0 Å². The molecule has 0 N–H and O–H groups in total. The van der Waals surface area contributed by atoms with E-state index in [1.807, 2.05) is 18.3 Å². The third-order valence-corrected chi connectivity index (χ3v) is 5.60. The fourth-order valence-corrected chi connectivity index (χ4v) is 4.03. The molecule has 0 saturated carbocycles. The smallest absolute Gasteiger partial charge is 0.227 e. The Bertz CT molecular complexity index is 783. The molecule has 0 aliphatic carbocycles. The molecule has 150 valence electrons. The second-order valence-corrected chi connectivity index (χ2v) is 7.59. The largest absolute Gasteiger partial charge is 0.378 e. The van der Waals surface area contributed by atoms with Crippen LogP contribution in [-0.4, -0.2) is 67.4 Å². The summed E-state index contributed by atoms with van der Waals surface area (Å²) in [5.74, 6) is 1.56. The number of piperidine rings is 1. The Morgan fingerprint density at radius 1 is 1.21 bits per heavy atom. The number of hydrogen-bond acceptors (Lipinski definition) is 6. The van der Waals surface area contributed by atoms with Crippen molar-refractivity contribution in [2.45, 2.75) is 25.4 Å². The van der Waals surface area contributed by atoms with Gasteiger partial charge in [0, 0.05) is 45.5 Å². The van der Waals surface area contributed by atoms with Crippen molar-refractivity contribution in [1.82, 2.24) is 14.9 Å². The summed E-state index contributed by atoms with van der Waals surface area (Å²) in [4.78, 5) is 16.2. The maximum atomic E-state index is 13.5. The van der Waals surface area contributed by atoms with Gasteiger partial charge in [-0.25, -0.2) is 9.37 Å². The summed E-state index contributed by atoms with van der Waals surface area (Å²) in [5.41, 5.74) is 1.02. The first-order valence-corrected chi connectivity index (χ1v) is 10.0. The molecule has 3 heterocycles. The average molecular weight is 385 g/mol. The summed E-state index contributed by atoms with van der Waals surface area (Å²) >= 11 is 0. The van der Waals surface area contributed by atoms with Crippen molar-refractivity contribution in [3.05, 3.63) is 47.9 Å². The SMILES string of the molecule is CN(c1nccc(N2CCOCC2)n1)C1CCCN(Cc2cccc(F)c2)C1. The first kappa shape index (κ1) is 19.1. The molecule has 0 radical (unpaired) electrons. The number of rotatable bonds is 5. The van der Waals surface area contributed by atoms with Crippen LogP contribution in [0.5, 0.6) is 0 Å². The van der Waals surface area contributed by atoms with Gasteiger partial charge in [0.2, 0.25) is 5.95 Å². The Balaban J connectivity index is 1.41. The topological polar surface area (TPSA) is 44.7 Å². The van der Waals surface area contributed by atoms with E-state index < -0.39 is 0 Å². The van der Waals surface area contributed by atoms with Gasteiger partial charge < -0.3 is 14.5 Å². The fourth-order valence-electron chi connectivity index (χ4n) is 4.03. The van der Waals surface area contributed by atoms with E-state index in [1.165, 1.54) is 6.07 Å². The highest BCUT2D eigenvalue weighted by Crippen LogP contribution is 2.22. The number of ether oxygens (including phenoxy) is 1. The van der Waals surface area contributed by atoms with Crippen molar-refractivity contribution in [2.75, 3.05) is 56.2 Å². The molecule has 4 rings (SSSR count). The van der Waals surface area contributed by atoms with Gasteiger partial charge in [-0.05, 0) is 43.1 Å². The normalized spacial score (nSPS) is 20.9. The van der Waals surface area contributed by atoms with Gasteiger partial charge >= 0.3 is 0 Å². The van der Waals surface area contributed by atoms with Gasteiger partial charge in [0.25, 0.3) is 0 Å². The van der Waals surface area contributed by atoms with E-state index in [9.17, 15) is 4.39 Å². The maximum Gasteiger partial charge on any atom is 0.227 e. The summed E-state index contributed by atoms with van der Waals surface area (Å²) < 4.78 is 18.9. The lowest BCUT2D eigenvalue weighted by molar-refractivity contribution is 0.122. The molecule has 1 atom stereocenters. The monoisotopic (exact) mass is 385 g/mol. The maximum absolute atomic E-state index is 13.5. The molecule has 1 aromatic carbocycles. The minimum Gasteiger partial charge on any atom is -0.378 e. The molecule has 1 unspecified atom stereocenters. The second kappa shape index (κ2) is 8.84. The number of nitrogens with zero attached hydrogens (tertiary/aromatic N) is 5. The second-order valence-electron chi connectivity index (χ2n) is 7.59. The van der Waals surface area contributed by atoms with Crippen LogP contribution in [0.3, 0.4) is 0 Å². The van der Waals surface area contributed by atoms with E-state index in [0.717, 1.165) is 76.1 Å². The van der Waals surface area contributed by atoms with Crippen molar-refractivity contribution in [3.63, 3.8) is 0 Å². The molecule has 2 aliphatic rings. The molecule has 0 bridgehead atoms. The Labute approximate surface area is 165 Å². The van der Waals surface area contributed by atoms with Crippen LogP contribution < -0.4 is 9.80 Å². The minimum atomic E-state index is -0.170. The highest BCUT2D eigenvalue weighted by atomic mass is 19.1. The molecule has 2 aromatic rings. The molecule has 2 saturated heterocycles. The first-order chi connectivity index (χ1) is 13.7. The molecule has 0 amide bonds. The third kappa shape index (κ3) is 4.59. The Hall–Kier alpha value is -2.25. The summed E-state index contributed by atoms with van der Waals surface area (Å²) in [6.45, 7) is 5.96. The quantitative estimate of drug-likeness (QED) is 0.788. The number of halogens is 1. The number of morpholine rings is 1. The van der Waals surface area contributed by atoms with Gasteiger partial charge in [0.05, 0.1) is 13.2 Å². The third-order valence-electron chi connectivity index (χ3n) is 5.60.